The first-order chi connectivity index (χ1) is 6.98. The van der Waals surface area contributed by atoms with Gasteiger partial charge in [0.1, 0.15) is 5.56 Å². The third kappa shape index (κ3) is 2.22. The Kier molecular flexibility index (Phi) is 2.32. The fraction of sp³-hybridized carbons (Fsp3) is 0.500. The molecule has 82 valence electrons. The number of nitrogens with zero attached hydrogens (tertiary/aromatic N) is 1. The van der Waals surface area contributed by atoms with Gasteiger partial charge in [-0.15, -0.1) is 0 Å². The second kappa shape index (κ2) is 3.40. The Balaban J connectivity index is 2.38. The SMILES string of the molecule is Cc1cncc(OC2CC2)c1C(F)(F)F. The van der Waals surface area contributed by atoms with Crippen LogP contribution in [0.4, 0.5) is 13.2 Å². The third-order valence-corrected chi connectivity index (χ3v) is 2.20. The van der Waals surface area contributed by atoms with Crippen molar-refractivity contribution in [1.29, 1.82) is 0 Å². The number of hydrogen-bond donors (Lipinski definition) is 0. The lowest BCUT2D eigenvalue weighted by atomic mass is 10.1. The number of aryl methyl sites for hydroxylation is 1. The van der Waals surface area contributed by atoms with Gasteiger partial charge in [-0.3, -0.25) is 4.98 Å². The van der Waals surface area contributed by atoms with Crippen molar-refractivity contribution in [1.82, 2.24) is 4.98 Å². The fourth-order valence-electron chi connectivity index (χ4n) is 1.36. The minimum Gasteiger partial charge on any atom is -0.488 e. The number of pyridine rings is 1. The molecule has 1 heterocycles. The van der Waals surface area contributed by atoms with Crippen LogP contribution in [-0.2, 0) is 6.18 Å². The van der Waals surface area contributed by atoms with Crippen molar-refractivity contribution < 1.29 is 17.9 Å². The van der Waals surface area contributed by atoms with Gasteiger partial charge in [-0.2, -0.15) is 13.2 Å². The monoisotopic (exact) mass is 217 g/mol. The van der Waals surface area contributed by atoms with E-state index in [0.29, 0.717) is 0 Å². The largest absolute Gasteiger partial charge is 0.488 e. The van der Waals surface area contributed by atoms with Gasteiger partial charge >= 0.3 is 6.18 Å². The van der Waals surface area contributed by atoms with Gasteiger partial charge in [0.15, 0.2) is 5.75 Å². The van der Waals surface area contributed by atoms with E-state index in [9.17, 15) is 13.2 Å². The molecule has 0 atom stereocenters. The van der Waals surface area contributed by atoms with Crippen LogP contribution in [0.1, 0.15) is 24.0 Å². The lowest BCUT2D eigenvalue weighted by Crippen LogP contribution is -2.12. The van der Waals surface area contributed by atoms with Crippen molar-refractivity contribution in [3.05, 3.63) is 23.5 Å². The predicted octanol–water partition coefficient (Wildman–Crippen LogP) is 2.95. The smallest absolute Gasteiger partial charge is 0.420 e. The molecule has 0 unspecified atom stereocenters. The van der Waals surface area contributed by atoms with Gasteiger partial charge in [-0.1, -0.05) is 0 Å². The van der Waals surface area contributed by atoms with Gasteiger partial charge in [-0.25, -0.2) is 0 Å². The number of aromatic nitrogens is 1. The Morgan fingerprint density at radius 2 is 2.00 bits per heavy atom. The topological polar surface area (TPSA) is 22.1 Å². The maximum atomic E-state index is 12.7. The number of alkyl halides is 3. The Bertz CT molecular complexity index is 371. The fourth-order valence-corrected chi connectivity index (χ4v) is 1.36. The third-order valence-electron chi connectivity index (χ3n) is 2.20. The zero-order chi connectivity index (χ0) is 11.1. The number of halogens is 3. The van der Waals surface area contributed by atoms with Gasteiger partial charge in [0.25, 0.3) is 0 Å². The van der Waals surface area contributed by atoms with Gasteiger partial charge in [0.05, 0.1) is 12.3 Å². The first kappa shape index (κ1) is 10.3. The van der Waals surface area contributed by atoms with Gasteiger partial charge in [0.2, 0.25) is 0 Å². The molecule has 0 aromatic carbocycles. The van der Waals surface area contributed by atoms with Crippen LogP contribution >= 0.6 is 0 Å². The molecule has 1 saturated carbocycles. The molecule has 0 bridgehead atoms. The first-order valence-electron chi connectivity index (χ1n) is 4.67. The molecular weight excluding hydrogens is 207 g/mol. The van der Waals surface area contributed by atoms with E-state index in [1.165, 1.54) is 13.1 Å². The summed E-state index contributed by atoms with van der Waals surface area (Å²) in [6.07, 6.45) is -0.459. The van der Waals surface area contributed by atoms with E-state index in [4.69, 9.17) is 4.74 Å². The van der Waals surface area contributed by atoms with Gasteiger partial charge in [-0.05, 0) is 25.3 Å². The summed E-state index contributed by atoms with van der Waals surface area (Å²) in [5, 5.41) is 0. The molecule has 1 aliphatic rings. The van der Waals surface area contributed by atoms with E-state index < -0.39 is 11.7 Å². The van der Waals surface area contributed by atoms with Crippen molar-refractivity contribution in [2.75, 3.05) is 0 Å². The van der Waals surface area contributed by atoms with Crippen LogP contribution in [0.2, 0.25) is 0 Å². The maximum Gasteiger partial charge on any atom is 0.420 e. The molecule has 0 spiro atoms. The summed E-state index contributed by atoms with van der Waals surface area (Å²) < 4.78 is 43.2. The van der Waals surface area contributed by atoms with Gasteiger partial charge < -0.3 is 4.74 Å². The molecule has 1 fully saturated rings. The highest BCUT2D eigenvalue weighted by atomic mass is 19.4. The van der Waals surface area contributed by atoms with E-state index in [0.717, 1.165) is 19.0 Å². The van der Waals surface area contributed by atoms with Crippen LogP contribution in [0.25, 0.3) is 0 Å². The first-order valence-corrected chi connectivity index (χ1v) is 4.67. The van der Waals surface area contributed by atoms with Crippen LogP contribution in [-0.4, -0.2) is 11.1 Å². The quantitative estimate of drug-likeness (QED) is 0.759. The van der Waals surface area contributed by atoms with Crippen LogP contribution in [0.15, 0.2) is 12.4 Å². The molecule has 2 nitrogen and oxygen atoms in total. The van der Waals surface area contributed by atoms with E-state index >= 15 is 0 Å². The molecule has 2 rings (SSSR count). The van der Waals surface area contributed by atoms with Crippen LogP contribution < -0.4 is 4.74 Å². The predicted molar refractivity (Wildman–Crippen MR) is 47.6 cm³/mol. The zero-order valence-electron chi connectivity index (χ0n) is 8.14. The highest BCUT2D eigenvalue weighted by molar-refractivity contribution is 5.39. The molecule has 0 N–H and O–H groups in total. The molecule has 0 aliphatic heterocycles. The van der Waals surface area contributed by atoms with Crippen molar-refractivity contribution in [2.24, 2.45) is 0 Å². The molecule has 1 aromatic rings. The zero-order valence-corrected chi connectivity index (χ0v) is 8.14. The molecule has 1 aliphatic carbocycles. The second-order valence-corrected chi connectivity index (χ2v) is 3.64. The Morgan fingerprint density at radius 3 is 2.53 bits per heavy atom. The normalized spacial score (nSPS) is 16.5. The summed E-state index contributed by atoms with van der Waals surface area (Å²) in [6, 6.07) is 0. The average molecular weight is 217 g/mol. The molecule has 15 heavy (non-hydrogen) atoms. The van der Waals surface area contributed by atoms with Gasteiger partial charge in [0, 0.05) is 6.20 Å². The standard InChI is InChI=1S/C10H10F3NO/c1-6-4-14-5-8(15-7-2-3-7)9(6)10(11,12)13/h4-5,7H,2-3H2,1H3. The number of ether oxygens (including phenoxy) is 1. The molecule has 0 saturated heterocycles. The molecule has 5 heteroatoms. The summed E-state index contributed by atoms with van der Waals surface area (Å²) in [5.41, 5.74) is -0.606. The lowest BCUT2D eigenvalue weighted by molar-refractivity contribution is -0.139. The van der Waals surface area contributed by atoms with E-state index in [-0.39, 0.29) is 17.4 Å². The van der Waals surface area contributed by atoms with Crippen molar-refractivity contribution in [3.63, 3.8) is 0 Å². The molecule has 0 amide bonds. The van der Waals surface area contributed by atoms with Crippen LogP contribution in [0, 0.1) is 6.92 Å². The Hall–Kier alpha value is -1.26. The summed E-state index contributed by atoms with van der Waals surface area (Å²) in [7, 11) is 0. The van der Waals surface area contributed by atoms with Crippen LogP contribution in [0.5, 0.6) is 5.75 Å². The molecule has 0 radical (unpaired) electrons. The van der Waals surface area contributed by atoms with Crippen molar-refractivity contribution >= 4 is 0 Å². The second-order valence-electron chi connectivity index (χ2n) is 3.64. The highest BCUT2D eigenvalue weighted by Gasteiger charge is 2.38. The lowest BCUT2D eigenvalue weighted by Gasteiger charge is -2.15. The number of hydrogen-bond acceptors (Lipinski definition) is 2. The summed E-state index contributed by atoms with van der Waals surface area (Å²) in [4.78, 5) is 3.71. The highest BCUT2D eigenvalue weighted by Crippen LogP contribution is 2.39. The maximum absolute atomic E-state index is 12.7. The van der Waals surface area contributed by atoms with E-state index in [1.807, 2.05) is 0 Å². The minimum absolute atomic E-state index is 0.0605. The summed E-state index contributed by atoms with van der Waals surface area (Å²) in [5.74, 6) is -0.148. The number of rotatable bonds is 2. The average Bonchev–Trinajstić information content (AvgIpc) is 2.85. The van der Waals surface area contributed by atoms with Crippen molar-refractivity contribution in [2.45, 2.75) is 32.0 Å². The summed E-state index contributed by atoms with van der Waals surface area (Å²) in [6.45, 7) is 1.38. The summed E-state index contributed by atoms with van der Waals surface area (Å²) >= 11 is 0. The van der Waals surface area contributed by atoms with Crippen LogP contribution in [0.3, 0.4) is 0 Å². The van der Waals surface area contributed by atoms with E-state index in [1.54, 1.807) is 0 Å². The molecular formula is C10H10F3NO. The van der Waals surface area contributed by atoms with E-state index in [2.05, 4.69) is 4.98 Å². The Labute approximate surface area is 85.1 Å². The van der Waals surface area contributed by atoms with Crippen molar-refractivity contribution in [3.8, 4) is 5.75 Å². The Morgan fingerprint density at radius 1 is 1.33 bits per heavy atom. The molecule has 1 aromatic heterocycles. The minimum atomic E-state index is -4.38.